The molecule has 26 nitrogen and oxygen atoms in total. The van der Waals surface area contributed by atoms with E-state index >= 15 is 4.79 Å². The summed E-state index contributed by atoms with van der Waals surface area (Å²) in [5.41, 5.74) is -1.68. The van der Waals surface area contributed by atoms with Gasteiger partial charge in [-0.2, -0.15) is 0 Å². The van der Waals surface area contributed by atoms with Gasteiger partial charge in [0.1, 0.15) is 65.6 Å². The Hall–Kier alpha value is -4.30. The van der Waals surface area contributed by atoms with Crippen molar-refractivity contribution in [3.05, 3.63) is 29.3 Å². The molecule has 0 amide bonds. The van der Waals surface area contributed by atoms with Gasteiger partial charge in [0.2, 0.25) is 6.29 Å². The molecule has 25 atom stereocenters. The molecule has 5 aliphatic heterocycles. The maximum absolute atomic E-state index is 15.1. The summed E-state index contributed by atoms with van der Waals surface area (Å²) >= 11 is 0. The number of hydrogen-bond donors (Lipinski definition) is 9. The fourth-order valence-electron chi connectivity index (χ4n) is 12.0. The Morgan fingerprint density at radius 3 is 1.80 bits per heavy atom. The molecule has 5 saturated heterocycles. The van der Waals surface area contributed by atoms with Crippen LogP contribution in [0.15, 0.2) is 18.2 Å². The zero-order chi connectivity index (χ0) is 60.8. The lowest BCUT2D eigenvalue weighted by Gasteiger charge is -2.47. The number of aliphatic hydroxyl groups is 7. The average molecular weight is 1180 g/mol. The number of methoxy groups -OCH3 is 1. The average Bonchev–Trinajstić information content (AvgIpc) is 1.56. The number of ketones is 2. The number of benzene rings is 2. The molecule has 2 aromatic carbocycles. The van der Waals surface area contributed by atoms with Crippen molar-refractivity contribution in [2.75, 3.05) is 7.11 Å². The summed E-state index contributed by atoms with van der Waals surface area (Å²) in [7, 11) is 1.17. The predicted octanol–water partition coefficient (Wildman–Crippen LogP) is 1.22. The summed E-state index contributed by atoms with van der Waals surface area (Å²) in [6.45, 7) is 15.2. The highest BCUT2D eigenvalue weighted by molar-refractivity contribution is 6.11. The van der Waals surface area contributed by atoms with E-state index < -0.39 is 194 Å². The van der Waals surface area contributed by atoms with Crippen LogP contribution in [0.3, 0.4) is 0 Å². The van der Waals surface area contributed by atoms with Crippen LogP contribution in [0, 0.1) is 11.8 Å². The van der Waals surface area contributed by atoms with E-state index in [9.17, 15) is 60.3 Å². The molecule has 2 aromatic rings. The largest absolute Gasteiger partial charge is 0.507 e. The van der Waals surface area contributed by atoms with Gasteiger partial charge in [0.05, 0.1) is 71.8 Å². The van der Waals surface area contributed by atoms with Crippen LogP contribution in [0.4, 0.5) is 0 Å². The number of phenolic OH excluding ortho intramolecular Hbond substituents is 2. The maximum atomic E-state index is 15.1. The van der Waals surface area contributed by atoms with Gasteiger partial charge in [-0.25, -0.2) is 0 Å². The van der Waals surface area contributed by atoms with E-state index in [1.54, 1.807) is 41.5 Å². The Balaban J connectivity index is 1.02. The molecular formula is C57H82O26. The Morgan fingerprint density at radius 2 is 1.23 bits per heavy atom. The fourth-order valence-corrected chi connectivity index (χ4v) is 12.0. The van der Waals surface area contributed by atoms with E-state index in [1.165, 1.54) is 53.0 Å². The van der Waals surface area contributed by atoms with E-state index in [0.717, 1.165) is 0 Å². The molecular weight excluding hydrogens is 1100 g/mol. The minimum atomic E-state index is -1.97. The summed E-state index contributed by atoms with van der Waals surface area (Å²) in [5, 5.41) is 99.7. The second-order valence-corrected chi connectivity index (χ2v) is 23.5. The molecule has 6 aliphatic rings. The summed E-state index contributed by atoms with van der Waals surface area (Å²) < 4.78 is 78.5. The van der Waals surface area contributed by atoms with Gasteiger partial charge < -0.3 is 108 Å². The van der Waals surface area contributed by atoms with Gasteiger partial charge in [-0.15, -0.1) is 0 Å². The molecule has 0 spiro atoms. The molecule has 0 radical (unpaired) electrons. The number of carbonyl (C=O) groups excluding carboxylic acids is 4. The highest BCUT2D eigenvalue weighted by atomic mass is 16.7. The van der Waals surface area contributed by atoms with E-state index in [4.69, 9.17) is 61.6 Å². The Morgan fingerprint density at radius 1 is 0.687 bits per heavy atom. The predicted molar refractivity (Wildman–Crippen MR) is 282 cm³/mol. The van der Waals surface area contributed by atoms with Crippen molar-refractivity contribution in [1.82, 2.24) is 0 Å². The topological polar surface area (TPSA) is 370 Å². The number of ether oxygens (including phenoxy) is 13. The molecule has 0 saturated carbocycles. The van der Waals surface area contributed by atoms with Gasteiger partial charge in [-0.1, -0.05) is 13.8 Å². The van der Waals surface area contributed by atoms with Crippen molar-refractivity contribution < 1.29 is 127 Å². The number of rotatable bonds is 18. The quantitative estimate of drug-likeness (QED) is 0.0948. The summed E-state index contributed by atoms with van der Waals surface area (Å²) in [6, 6.07) is 4.15. The van der Waals surface area contributed by atoms with Gasteiger partial charge in [0.25, 0.3) is 0 Å². The van der Waals surface area contributed by atoms with Crippen LogP contribution >= 0.6 is 0 Å². The van der Waals surface area contributed by atoms with Gasteiger partial charge in [-0.3, -0.25) is 19.2 Å². The van der Waals surface area contributed by atoms with Crippen LogP contribution in [0.25, 0.3) is 10.8 Å². The van der Waals surface area contributed by atoms with Gasteiger partial charge in [-0.05, 0) is 78.0 Å². The lowest BCUT2D eigenvalue weighted by atomic mass is 9.75. The standard InChI is InChI=1S/C57H82O26/c1-21(2)56(69)83-55-27(8)76-42(20-57(55,10)70)80-36-17-40(73-24(5)48(36)65)79-35-18-41(74-25(6)47(35)64)82-54-32(53(71-11)51(68)45(62)22(3)58)14-30-12-29-13-31(15-33(60)43(29)49(66)44(30)50(54)67)78-39-19-37(52(26(7)75-39)77-28(9)59)81-38-16-34(61)46(63)23(4)72-38/h12-13,15,21-27,32,34-42,45-48,52-55,58,60-66,70H,14,16-20H2,1-11H3/t22-,23-,24-,25+,26+,27-,32+,34-,35+,36+,37+,38+,39-,40+,41-,42+,45+,46+,47-,48+,52+,53-,54+,55+,57+/m0/s1. The monoisotopic (exact) mass is 1180 g/mol. The molecule has 8 rings (SSSR count). The highest BCUT2D eigenvalue weighted by Gasteiger charge is 2.52. The molecule has 26 heteroatoms. The number of phenols is 2. The van der Waals surface area contributed by atoms with E-state index in [1.807, 2.05) is 0 Å². The smallest absolute Gasteiger partial charge is 0.308 e. The number of Topliss-reactive ketones (excluding diaryl/α,β-unsaturated/α-hetero) is 2. The molecule has 1 aliphatic carbocycles. The summed E-state index contributed by atoms with van der Waals surface area (Å²) in [6.07, 6.45) is -27.4. The normalized spacial score (nSPS) is 39.8. The van der Waals surface area contributed by atoms with Crippen molar-refractivity contribution >= 4 is 34.3 Å². The first-order valence-electron chi connectivity index (χ1n) is 28.3. The number of carbonyl (C=O) groups is 4. The van der Waals surface area contributed by atoms with Crippen molar-refractivity contribution in [2.45, 2.75) is 255 Å². The minimum absolute atomic E-state index is 0.0277. The molecule has 466 valence electrons. The molecule has 0 aromatic heterocycles. The van der Waals surface area contributed by atoms with Crippen molar-refractivity contribution in [1.29, 1.82) is 0 Å². The summed E-state index contributed by atoms with van der Waals surface area (Å²) in [4.78, 5) is 53.7. The highest BCUT2D eigenvalue weighted by Crippen LogP contribution is 2.46. The number of aliphatic hydroxyl groups excluding tert-OH is 6. The molecule has 0 unspecified atom stereocenters. The second kappa shape index (κ2) is 26.4. The lowest BCUT2D eigenvalue weighted by molar-refractivity contribution is -0.334. The van der Waals surface area contributed by atoms with Gasteiger partial charge in [0, 0.05) is 58.1 Å². The van der Waals surface area contributed by atoms with Crippen LogP contribution in [-0.2, 0) is 77.6 Å². The Labute approximate surface area is 480 Å². The van der Waals surface area contributed by atoms with E-state index in [0.29, 0.717) is 0 Å². The summed E-state index contributed by atoms with van der Waals surface area (Å²) in [5.74, 6) is -5.87. The van der Waals surface area contributed by atoms with Gasteiger partial charge in [0.15, 0.2) is 48.9 Å². The van der Waals surface area contributed by atoms with Crippen LogP contribution in [0.5, 0.6) is 17.2 Å². The Bertz CT molecular complexity index is 2600. The molecule has 5 heterocycles. The number of fused-ring (bicyclic) bond motifs is 2. The third-order valence-electron chi connectivity index (χ3n) is 16.4. The zero-order valence-corrected chi connectivity index (χ0v) is 48.4. The van der Waals surface area contributed by atoms with Crippen molar-refractivity contribution in [3.63, 3.8) is 0 Å². The number of hydrogen-bond acceptors (Lipinski definition) is 26. The third-order valence-corrected chi connectivity index (χ3v) is 16.4. The fraction of sp³-hybridized carbons (Fsp3) is 0.754. The zero-order valence-electron chi connectivity index (χ0n) is 48.4. The molecule has 5 fully saturated rings. The first-order chi connectivity index (χ1) is 39.0. The SMILES string of the molecule is CO[C@H](C(=O)[C@H](O)[C@H](C)O)[C@H]1Cc2cc3cc(O[C@H]4C[C@@H](O[C@@H]5C[C@H](O)[C@H](O)[C@H](C)O5)[C@H](OC(C)=O)[C@@H](C)O4)cc(O)c3c(O)c2C(=O)[C@@H]1O[C@H]1C[C@@H](O[C@@H]2C[C@@H](O[C@@H]3C[C@@](C)(O)[C@H](OC(=O)C(C)C)[C@H](C)O3)[C@H](O)[C@H](C)O2)[C@@H](O)[C@@H](C)O1. The van der Waals surface area contributed by atoms with Crippen LogP contribution in [0.2, 0.25) is 0 Å². The van der Waals surface area contributed by atoms with Crippen molar-refractivity contribution in [3.8, 4) is 17.2 Å². The number of aromatic hydroxyl groups is 2. The van der Waals surface area contributed by atoms with Gasteiger partial charge >= 0.3 is 11.9 Å². The lowest BCUT2D eigenvalue weighted by Crippen LogP contribution is -2.59. The second-order valence-electron chi connectivity index (χ2n) is 23.5. The van der Waals surface area contributed by atoms with Crippen LogP contribution in [-0.4, -0.2) is 223 Å². The van der Waals surface area contributed by atoms with E-state index in [2.05, 4.69) is 0 Å². The molecule has 83 heavy (non-hydrogen) atoms. The van der Waals surface area contributed by atoms with E-state index in [-0.39, 0.29) is 66.2 Å². The Kier molecular flexibility index (Phi) is 20.5. The first-order valence-corrected chi connectivity index (χ1v) is 28.3. The van der Waals surface area contributed by atoms with Crippen LogP contribution < -0.4 is 4.74 Å². The number of esters is 2. The minimum Gasteiger partial charge on any atom is -0.507 e. The molecule has 9 N–H and O–H groups in total. The third kappa shape index (κ3) is 14.3. The maximum Gasteiger partial charge on any atom is 0.308 e. The molecule has 0 bridgehead atoms. The van der Waals surface area contributed by atoms with Crippen LogP contribution in [0.1, 0.15) is 117 Å². The first kappa shape index (κ1) is 64.7. The van der Waals surface area contributed by atoms with Crippen molar-refractivity contribution in [2.24, 2.45) is 11.8 Å².